The molecule has 0 bridgehead atoms. The van der Waals surface area contributed by atoms with Gasteiger partial charge in [0.05, 0.1) is 0 Å². The second kappa shape index (κ2) is 7.12. The third-order valence-electron chi connectivity index (χ3n) is 4.87. The van der Waals surface area contributed by atoms with Crippen LogP contribution in [0.3, 0.4) is 0 Å². The van der Waals surface area contributed by atoms with Crippen LogP contribution in [0, 0.1) is 0 Å². The van der Waals surface area contributed by atoms with Crippen molar-refractivity contribution in [2.45, 2.75) is 32.2 Å². The van der Waals surface area contributed by atoms with Gasteiger partial charge in [-0.15, -0.1) is 10.2 Å². The Bertz CT molecular complexity index is 904. The Labute approximate surface area is 152 Å². The molecule has 1 amide bonds. The van der Waals surface area contributed by atoms with E-state index in [4.69, 9.17) is 4.42 Å². The third-order valence-corrected chi connectivity index (χ3v) is 4.87. The number of rotatable bonds is 3. The second-order valence-corrected chi connectivity index (χ2v) is 6.70. The number of aromatic nitrogens is 2. The van der Waals surface area contributed by atoms with Gasteiger partial charge in [0.25, 0.3) is 5.91 Å². The van der Waals surface area contributed by atoms with E-state index in [1.807, 2.05) is 59.5 Å². The fourth-order valence-electron chi connectivity index (χ4n) is 3.39. The summed E-state index contributed by atoms with van der Waals surface area (Å²) in [4.78, 5) is 14.8. The minimum Gasteiger partial charge on any atom is -0.416 e. The van der Waals surface area contributed by atoms with Crippen LogP contribution in [0.25, 0.3) is 22.9 Å². The summed E-state index contributed by atoms with van der Waals surface area (Å²) in [5.74, 6) is 0.967. The van der Waals surface area contributed by atoms with E-state index in [1.165, 1.54) is 6.42 Å². The minimum atomic E-state index is 0.0712. The van der Waals surface area contributed by atoms with Gasteiger partial charge in [-0.3, -0.25) is 4.79 Å². The Morgan fingerprint density at radius 3 is 2.50 bits per heavy atom. The average Bonchev–Trinajstić information content (AvgIpc) is 3.19. The Morgan fingerprint density at radius 2 is 1.73 bits per heavy atom. The van der Waals surface area contributed by atoms with Gasteiger partial charge in [-0.1, -0.05) is 24.3 Å². The summed E-state index contributed by atoms with van der Waals surface area (Å²) >= 11 is 0. The summed E-state index contributed by atoms with van der Waals surface area (Å²) < 4.78 is 5.81. The molecule has 0 radical (unpaired) electrons. The maximum atomic E-state index is 12.9. The highest BCUT2D eigenvalue weighted by Crippen LogP contribution is 2.25. The zero-order valence-electron chi connectivity index (χ0n) is 14.8. The Hall–Kier alpha value is -2.95. The van der Waals surface area contributed by atoms with E-state index in [1.54, 1.807) is 0 Å². The van der Waals surface area contributed by atoms with Crippen LogP contribution in [0.1, 0.15) is 36.5 Å². The molecule has 132 valence electrons. The fraction of sp³-hybridized carbons (Fsp3) is 0.286. The van der Waals surface area contributed by atoms with Crippen LogP contribution in [0.4, 0.5) is 0 Å². The van der Waals surface area contributed by atoms with Crippen LogP contribution >= 0.6 is 0 Å². The monoisotopic (exact) mass is 347 g/mol. The number of amides is 1. The summed E-state index contributed by atoms with van der Waals surface area (Å²) in [7, 11) is 0. The van der Waals surface area contributed by atoms with Crippen molar-refractivity contribution in [2.24, 2.45) is 0 Å². The predicted octanol–water partition coefficient (Wildman–Crippen LogP) is 4.42. The molecule has 0 unspecified atom stereocenters. The van der Waals surface area contributed by atoms with Gasteiger partial charge in [-0.25, -0.2) is 0 Å². The number of carbonyl (C=O) groups is 1. The van der Waals surface area contributed by atoms with Gasteiger partial charge >= 0.3 is 0 Å². The van der Waals surface area contributed by atoms with E-state index in [0.717, 1.165) is 30.5 Å². The van der Waals surface area contributed by atoms with Crippen molar-refractivity contribution in [3.8, 4) is 22.9 Å². The van der Waals surface area contributed by atoms with Crippen molar-refractivity contribution in [2.75, 3.05) is 6.54 Å². The predicted molar refractivity (Wildman–Crippen MR) is 99.5 cm³/mol. The first-order valence-corrected chi connectivity index (χ1v) is 9.03. The smallest absolute Gasteiger partial charge is 0.254 e. The summed E-state index contributed by atoms with van der Waals surface area (Å²) in [6.07, 6.45) is 3.32. The van der Waals surface area contributed by atoms with Crippen LogP contribution in [0.5, 0.6) is 0 Å². The van der Waals surface area contributed by atoms with Crippen molar-refractivity contribution in [3.05, 3.63) is 60.2 Å². The first kappa shape index (κ1) is 16.5. The van der Waals surface area contributed by atoms with Crippen molar-refractivity contribution in [3.63, 3.8) is 0 Å². The Kier molecular flexibility index (Phi) is 4.52. The minimum absolute atomic E-state index is 0.0712. The van der Waals surface area contributed by atoms with Crippen molar-refractivity contribution >= 4 is 5.91 Å². The number of piperidine rings is 1. The summed E-state index contributed by atoms with van der Waals surface area (Å²) in [6.45, 7) is 2.94. The Morgan fingerprint density at radius 1 is 1.00 bits per heavy atom. The van der Waals surface area contributed by atoms with Gasteiger partial charge in [0.1, 0.15) is 0 Å². The lowest BCUT2D eigenvalue weighted by molar-refractivity contribution is 0.0635. The van der Waals surface area contributed by atoms with E-state index in [-0.39, 0.29) is 11.9 Å². The van der Waals surface area contributed by atoms with Crippen LogP contribution in [0.15, 0.2) is 59.0 Å². The Balaban J connectivity index is 1.60. The molecule has 5 heteroatoms. The van der Waals surface area contributed by atoms with E-state index >= 15 is 0 Å². The largest absolute Gasteiger partial charge is 0.416 e. The lowest BCUT2D eigenvalue weighted by Crippen LogP contribution is -2.42. The normalized spacial score (nSPS) is 17.3. The average molecular weight is 347 g/mol. The molecule has 1 aromatic heterocycles. The third kappa shape index (κ3) is 3.25. The van der Waals surface area contributed by atoms with Gasteiger partial charge in [-0.05, 0) is 56.5 Å². The van der Waals surface area contributed by atoms with E-state index in [2.05, 4.69) is 17.1 Å². The zero-order valence-corrected chi connectivity index (χ0v) is 14.8. The van der Waals surface area contributed by atoms with Crippen LogP contribution in [0.2, 0.25) is 0 Å². The molecule has 4 rings (SSSR count). The number of hydrogen-bond acceptors (Lipinski definition) is 4. The van der Waals surface area contributed by atoms with Crippen molar-refractivity contribution in [1.29, 1.82) is 0 Å². The molecule has 5 nitrogen and oxygen atoms in total. The first-order chi connectivity index (χ1) is 12.7. The number of benzene rings is 2. The maximum Gasteiger partial charge on any atom is 0.254 e. The van der Waals surface area contributed by atoms with Gasteiger partial charge in [0.2, 0.25) is 11.8 Å². The standard InChI is InChI=1S/C21H21N3O2/c1-15-8-5-6-13-24(15)21(25)18-12-7-11-17(14-18)20-23-22-19(26-20)16-9-3-2-4-10-16/h2-4,7,9-12,14-15H,5-6,8,13H2,1H3/t15-/m0/s1. The molecule has 1 saturated heterocycles. The van der Waals surface area contributed by atoms with Crippen LogP contribution < -0.4 is 0 Å². The summed E-state index contributed by atoms with van der Waals surface area (Å²) in [6, 6.07) is 17.4. The summed E-state index contributed by atoms with van der Waals surface area (Å²) in [5.41, 5.74) is 2.30. The fourth-order valence-corrected chi connectivity index (χ4v) is 3.39. The molecule has 1 aliphatic rings. The topological polar surface area (TPSA) is 59.2 Å². The lowest BCUT2D eigenvalue weighted by Gasteiger charge is -2.33. The molecule has 2 aromatic carbocycles. The summed E-state index contributed by atoms with van der Waals surface area (Å²) in [5, 5.41) is 8.28. The van der Waals surface area contributed by atoms with E-state index in [0.29, 0.717) is 17.3 Å². The maximum absolute atomic E-state index is 12.9. The van der Waals surface area contributed by atoms with E-state index < -0.39 is 0 Å². The van der Waals surface area contributed by atoms with Gasteiger partial charge in [0, 0.05) is 29.3 Å². The lowest BCUT2D eigenvalue weighted by atomic mass is 10.0. The molecule has 26 heavy (non-hydrogen) atoms. The number of likely N-dealkylation sites (tertiary alicyclic amines) is 1. The van der Waals surface area contributed by atoms with Crippen molar-refractivity contribution in [1.82, 2.24) is 15.1 Å². The molecule has 1 aliphatic heterocycles. The molecule has 1 fully saturated rings. The van der Waals surface area contributed by atoms with Crippen LogP contribution in [-0.4, -0.2) is 33.6 Å². The van der Waals surface area contributed by atoms with Crippen molar-refractivity contribution < 1.29 is 9.21 Å². The quantitative estimate of drug-likeness (QED) is 0.704. The molecule has 0 N–H and O–H groups in total. The highest BCUT2D eigenvalue weighted by atomic mass is 16.4. The highest BCUT2D eigenvalue weighted by Gasteiger charge is 2.24. The number of carbonyl (C=O) groups excluding carboxylic acids is 1. The molecule has 0 aliphatic carbocycles. The zero-order chi connectivity index (χ0) is 17.9. The molecule has 0 spiro atoms. The molecule has 3 aromatic rings. The molecule has 2 heterocycles. The highest BCUT2D eigenvalue weighted by molar-refractivity contribution is 5.95. The molecular weight excluding hydrogens is 326 g/mol. The SMILES string of the molecule is C[C@H]1CCCCN1C(=O)c1cccc(-c2nnc(-c3ccccc3)o2)c1. The first-order valence-electron chi connectivity index (χ1n) is 9.03. The second-order valence-electron chi connectivity index (χ2n) is 6.70. The molecule has 0 saturated carbocycles. The van der Waals surface area contributed by atoms with Gasteiger partial charge in [0.15, 0.2) is 0 Å². The number of hydrogen-bond donors (Lipinski definition) is 0. The van der Waals surface area contributed by atoms with Gasteiger partial charge in [-0.2, -0.15) is 0 Å². The number of nitrogens with zero attached hydrogens (tertiary/aromatic N) is 3. The van der Waals surface area contributed by atoms with E-state index in [9.17, 15) is 4.79 Å². The molecular formula is C21H21N3O2. The van der Waals surface area contributed by atoms with Gasteiger partial charge < -0.3 is 9.32 Å². The molecule has 1 atom stereocenters. The van der Waals surface area contributed by atoms with Crippen LogP contribution in [-0.2, 0) is 0 Å².